The molecule has 0 radical (unpaired) electrons. The van der Waals surface area contributed by atoms with Gasteiger partial charge in [0.1, 0.15) is 30.2 Å². The van der Waals surface area contributed by atoms with Crippen molar-refractivity contribution in [1.29, 1.82) is 0 Å². The fraction of sp³-hybridized carbons (Fsp3) is 0.467. The SMILES string of the molecule is C#CC[C@H]1NC(=O)[C@H](Cc2c[nH]c3ccccc23)NC(=O)[C@@H](C(C)C)NC(=O)[C@@H]2CSC(N2)[C@H](C(C)C)NC(=O)[C@@H](Cc2c[nH]c3ccccc23)NC(=O)[C@H](C(C)C)NC1=O. The van der Waals surface area contributed by atoms with Crippen LogP contribution in [0, 0.1) is 30.1 Å². The summed E-state index contributed by atoms with van der Waals surface area (Å²) in [5.74, 6) is -1.53. The number of carbonyl (C=O) groups excluding carboxylic acids is 6. The molecule has 2 aromatic heterocycles. The summed E-state index contributed by atoms with van der Waals surface area (Å²) in [5.41, 5.74) is 3.25. The number of carbonyl (C=O) groups is 6. The molecule has 9 N–H and O–H groups in total. The number of para-hydroxylation sites is 2. The van der Waals surface area contributed by atoms with E-state index < -0.39 is 83.7 Å². The maximum absolute atomic E-state index is 14.4. The van der Waals surface area contributed by atoms with E-state index in [9.17, 15) is 28.8 Å². The fourth-order valence-corrected chi connectivity index (χ4v) is 9.37. The average molecular weight is 852 g/mol. The summed E-state index contributed by atoms with van der Waals surface area (Å²) in [6.07, 6.45) is 9.24. The van der Waals surface area contributed by atoms with Crippen LogP contribution < -0.4 is 37.2 Å². The number of rotatable bonds is 8. The van der Waals surface area contributed by atoms with Crippen LogP contribution in [-0.2, 0) is 41.6 Å². The Morgan fingerprint density at radius 1 is 0.590 bits per heavy atom. The molecule has 2 aliphatic heterocycles. The van der Waals surface area contributed by atoms with Crippen molar-refractivity contribution in [3.05, 3.63) is 72.1 Å². The molecule has 8 atom stereocenters. The van der Waals surface area contributed by atoms with Crippen LogP contribution in [0.25, 0.3) is 21.8 Å². The summed E-state index contributed by atoms with van der Waals surface area (Å²) in [5, 5.41) is 22.1. The third-order valence-electron chi connectivity index (χ3n) is 11.4. The number of nitrogens with one attached hydrogen (secondary N) is 9. The molecule has 2 aromatic carbocycles. The second-order valence-corrected chi connectivity index (χ2v) is 18.1. The maximum Gasteiger partial charge on any atom is 0.244 e. The number of thioether (sulfide) groups is 1. The Morgan fingerprint density at radius 2 is 1.05 bits per heavy atom. The Morgan fingerprint density at radius 3 is 1.54 bits per heavy atom. The highest BCUT2D eigenvalue weighted by atomic mass is 32.2. The minimum absolute atomic E-state index is 0.0414. The predicted octanol–water partition coefficient (Wildman–Crippen LogP) is 2.38. The number of hydrogen-bond acceptors (Lipinski definition) is 8. The molecule has 6 amide bonds. The van der Waals surface area contributed by atoms with Crippen molar-refractivity contribution in [1.82, 2.24) is 47.2 Å². The highest BCUT2D eigenvalue weighted by Crippen LogP contribution is 2.27. The van der Waals surface area contributed by atoms with Crippen molar-refractivity contribution >= 4 is 69.0 Å². The Bertz CT molecular complexity index is 2300. The molecule has 2 fully saturated rings. The number of hydrogen-bond donors (Lipinski definition) is 9. The number of H-pyrrole nitrogens is 2. The summed E-state index contributed by atoms with van der Waals surface area (Å²) in [6.45, 7) is 11.0. The third kappa shape index (κ3) is 10.6. The molecular formula is C45H57N9O6S. The monoisotopic (exact) mass is 851 g/mol. The predicted molar refractivity (Wildman–Crippen MR) is 237 cm³/mol. The van der Waals surface area contributed by atoms with E-state index in [2.05, 4.69) is 53.1 Å². The summed E-state index contributed by atoms with van der Waals surface area (Å²) < 4.78 is 0. The smallest absolute Gasteiger partial charge is 0.244 e. The van der Waals surface area contributed by atoms with Crippen molar-refractivity contribution in [2.24, 2.45) is 17.8 Å². The third-order valence-corrected chi connectivity index (χ3v) is 12.7. The summed E-state index contributed by atoms with van der Waals surface area (Å²) >= 11 is 1.48. The van der Waals surface area contributed by atoms with Gasteiger partial charge in [-0.05, 0) is 41.0 Å². The molecular weight excluding hydrogens is 795 g/mol. The Hall–Kier alpha value is -5.79. The zero-order chi connectivity index (χ0) is 44.0. The van der Waals surface area contributed by atoms with Gasteiger partial charge < -0.3 is 41.9 Å². The lowest BCUT2D eigenvalue weighted by atomic mass is 9.98. The maximum atomic E-state index is 14.4. The first kappa shape index (κ1) is 44.8. The standard InChI is InChI=1S/C45H57N9O6S/c1-8-13-32-39(55)52-36(23(2)3)43(59)50-34(19-27-21-47-31-17-12-10-15-29(27)31)41(57)54-38(25(6)7)45-51-35(22-61-45)42(58)53-37(24(4)5)44(60)49-33(40(56)48-32)18-26-20-46-30-16-11-9-14-28(26)30/h1,9-12,14-17,20-21,23-25,32-38,45-47,51H,13,18-19,22H2,2-7H3,(H,48,56)(H,49,60)(H,50,59)(H,52,55)(H,53,58)(H,54,57)/t32-,33+,34-,35+,36+,37-,38+,45?/m1/s1. The largest absolute Gasteiger partial charge is 0.361 e. The van der Waals surface area contributed by atoms with Crippen LogP contribution in [0.4, 0.5) is 0 Å². The van der Waals surface area contributed by atoms with E-state index in [0.717, 1.165) is 32.9 Å². The van der Waals surface area contributed by atoms with Crippen molar-refractivity contribution in [2.45, 2.75) is 108 Å². The molecule has 2 saturated heterocycles. The number of aromatic nitrogens is 2. The van der Waals surface area contributed by atoms with Gasteiger partial charge in [-0.15, -0.1) is 24.1 Å². The molecule has 0 spiro atoms. The van der Waals surface area contributed by atoms with Crippen LogP contribution in [0.15, 0.2) is 60.9 Å². The van der Waals surface area contributed by atoms with Gasteiger partial charge in [-0.1, -0.05) is 77.9 Å². The first-order valence-electron chi connectivity index (χ1n) is 20.9. The van der Waals surface area contributed by atoms with Gasteiger partial charge in [0, 0.05) is 59.2 Å². The normalized spacial score (nSPS) is 26.3. The van der Waals surface area contributed by atoms with Gasteiger partial charge in [-0.2, -0.15) is 0 Å². The summed E-state index contributed by atoms with van der Waals surface area (Å²) in [6, 6.07) is 8.32. The zero-order valence-corrected chi connectivity index (χ0v) is 36.2. The molecule has 0 aliphatic carbocycles. The van der Waals surface area contributed by atoms with E-state index in [1.54, 1.807) is 33.9 Å². The second-order valence-electron chi connectivity index (χ2n) is 16.9. The fourth-order valence-electron chi connectivity index (χ4n) is 7.87. The number of fused-ring (bicyclic) bond motifs is 4. The van der Waals surface area contributed by atoms with Crippen LogP contribution in [0.2, 0.25) is 0 Å². The second kappa shape index (κ2) is 19.7. The molecule has 15 nitrogen and oxygen atoms in total. The molecule has 6 rings (SSSR count). The zero-order valence-electron chi connectivity index (χ0n) is 35.4. The van der Waals surface area contributed by atoms with E-state index in [1.807, 2.05) is 68.6 Å². The average Bonchev–Trinajstić information content (AvgIpc) is 3.99. The topological polar surface area (TPSA) is 218 Å². The van der Waals surface area contributed by atoms with Crippen molar-refractivity contribution < 1.29 is 28.8 Å². The molecule has 4 heterocycles. The van der Waals surface area contributed by atoms with Crippen molar-refractivity contribution in [3.63, 3.8) is 0 Å². The lowest BCUT2D eigenvalue weighted by Gasteiger charge is -2.31. The van der Waals surface area contributed by atoms with Gasteiger partial charge >= 0.3 is 0 Å². The number of benzene rings is 2. The Labute approximate surface area is 360 Å². The van der Waals surface area contributed by atoms with Crippen LogP contribution in [-0.4, -0.2) is 98.8 Å². The van der Waals surface area contributed by atoms with Gasteiger partial charge in [0.15, 0.2) is 0 Å². The first-order valence-corrected chi connectivity index (χ1v) is 21.9. The Balaban J connectivity index is 1.36. The quantitative estimate of drug-likeness (QED) is 0.120. The van der Waals surface area contributed by atoms with Gasteiger partial charge in [0.25, 0.3) is 0 Å². The first-order chi connectivity index (χ1) is 29.1. The van der Waals surface area contributed by atoms with Gasteiger partial charge in [0.2, 0.25) is 35.4 Å². The molecule has 324 valence electrons. The number of amides is 6. The van der Waals surface area contributed by atoms with Gasteiger partial charge in [-0.25, -0.2) is 0 Å². The minimum Gasteiger partial charge on any atom is -0.361 e. The van der Waals surface area contributed by atoms with E-state index in [-0.39, 0.29) is 36.5 Å². The molecule has 16 heteroatoms. The highest BCUT2D eigenvalue weighted by Gasteiger charge is 2.40. The molecule has 2 aliphatic rings. The van der Waals surface area contributed by atoms with Crippen LogP contribution in [0.3, 0.4) is 0 Å². The van der Waals surface area contributed by atoms with Crippen LogP contribution in [0.1, 0.15) is 59.1 Å². The summed E-state index contributed by atoms with van der Waals surface area (Å²) in [7, 11) is 0. The summed E-state index contributed by atoms with van der Waals surface area (Å²) in [4.78, 5) is 91.5. The van der Waals surface area contributed by atoms with Crippen molar-refractivity contribution in [3.8, 4) is 12.3 Å². The molecule has 4 aromatic rings. The number of aromatic amines is 2. The molecule has 61 heavy (non-hydrogen) atoms. The van der Waals surface area contributed by atoms with Gasteiger partial charge in [0.05, 0.1) is 17.5 Å². The van der Waals surface area contributed by atoms with E-state index in [1.165, 1.54) is 11.8 Å². The molecule has 2 bridgehead atoms. The highest BCUT2D eigenvalue weighted by molar-refractivity contribution is 8.00. The molecule has 0 saturated carbocycles. The van der Waals surface area contributed by atoms with E-state index in [0.29, 0.717) is 5.75 Å². The van der Waals surface area contributed by atoms with Gasteiger partial charge in [-0.3, -0.25) is 34.1 Å². The van der Waals surface area contributed by atoms with Crippen LogP contribution >= 0.6 is 11.8 Å². The lowest BCUT2D eigenvalue weighted by Crippen LogP contribution is -2.61. The van der Waals surface area contributed by atoms with E-state index >= 15 is 0 Å². The van der Waals surface area contributed by atoms with Crippen LogP contribution in [0.5, 0.6) is 0 Å². The minimum atomic E-state index is -1.29. The number of terminal acetylenes is 1. The lowest BCUT2D eigenvalue weighted by molar-refractivity contribution is -0.135. The van der Waals surface area contributed by atoms with E-state index in [4.69, 9.17) is 6.42 Å². The van der Waals surface area contributed by atoms with Crippen molar-refractivity contribution in [2.75, 3.05) is 5.75 Å². The molecule has 1 unspecified atom stereocenters. The Kier molecular flexibility index (Phi) is 14.5.